The van der Waals surface area contributed by atoms with Gasteiger partial charge in [-0.25, -0.2) is 0 Å². The Balaban J connectivity index is 1.51. The summed E-state index contributed by atoms with van der Waals surface area (Å²) in [6.45, 7) is 2.33. The van der Waals surface area contributed by atoms with E-state index in [1.165, 1.54) is 62.9 Å². The molecule has 3 heteroatoms. The van der Waals surface area contributed by atoms with E-state index in [4.69, 9.17) is 5.10 Å². The third kappa shape index (κ3) is 1.29. The molecule has 2 heterocycles. The Bertz CT molecular complexity index is 546. The highest BCUT2D eigenvalue weighted by atomic mass is 15.3. The Labute approximate surface area is 114 Å². The van der Waals surface area contributed by atoms with Gasteiger partial charge in [-0.2, -0.15) is 5.10 Å². The monoisotopic (exact) mass is 255 g/mol. The Morgan fingerprint density at radius 2 is 2.00 bits per heavy atom. The number of hydrogen-bond donors (Lipinski definition) is 1. The van der Waals surface area contributed by atoms with Crippen molar-refractivity contribution in [2.75, 3.05) is 13.1 Å². The van der Waals surface area contributed by atoms with Crippen LogP contribution >= 0.6 is 0 Å². The quantitative estimate of drug-likeness (QED) is 0.834. The Kier molecular flexibility index (Phi) is 1.86. The first kappa shape index (κ1) is 10.7. The van der Waals surface area contributed by atoms with Gasteiger partial charge in [-0.3, -0.25) is 4.68 Å². The molecule has 1 spiro atoms. The molecule has 4 fully saturated rings. The molecule has 2 bridgehead atoms. The van der Waals surface area contributed by atoms with E-state index in [1.54, 1.807) is 0 Å². The molecule has 6 rings (SSSR count). The summed E-state index contributed by atoms with van der Waals surface area (Å²) in [6.07, 6.45) is 14.9. The van der Waals surface area contributed by atoms with Crippen LogP contribution in [-0.4, -0.2) is 22.9 Å². The average Bonchev–Trinajstić information content (AvgIpc) is 2.69. The molecule has 100 valence electrons. The second-order valence-corrected chi connectivity index (χ2v) is 7.29. The second kappa shape index (κ2) is 3.32. The van der Waals surface area contributed by atoms with Crippen LogP contribution in [0.3, 0.4) is 0 Å². The minimum Gasteiger partial charge on any atom is -0.317 e. The zero-order chi connectivity index (χ0) is 12.5. The highest BCUT2D eigenvalue weighted by Crippen LogP contribution is 2.62. The number of nitrogens with one attached hydrogen (secondary N) is 1. The smallest absolute Gasteiger partial charge is 0.0645 e. The van der Waals surface area contributed by atoms with Gasteiger partial charge in [0.05, 0.1) is 17.4 Å². The highest BCUT2D eigenvalue weighted by Gasteiger charge is 2.59. The van der Waals surface area contributed by atoms with Crippen LogP contribution in [0.25, 0.3) is 6.08 Å². The predicted octanol–water partition coefficient (Wildman–Crippen LogP) is 2.33. The Morgan fingerprint density at radius 1 is 1.21 bits per heavy atom. The van der Waals surface area contributed by atoms with E-state index >= 15 is 0 Å². The van der Waals surface area contributed by atoms with Crippen LogP contribution in [0, 0.1) is 11.3 Å². The lowest BCUT2D eigenvalue weighted by Crippen LogP contribution is -2.60. The van der Waals surface area contributed by atoms with Crippen LogP contribution in [-0.2, 0) is 12.0 Å². The molecule has 0 atom stereocenters. The van der Waals surface area contributed by atoms with Gasteiger partial charge in [-0.1, -0.05) is 6.08 Å². The van der Waals surface area contributed by atoms with Crippen LogP contribution in [0.15, 0.2) is 12.3 Å². The normalized spacial score (nSPS) is 37.6. The number of rotatable bonds is 1. The summed E-state index contributed by atoms with van der Waals surface area (Å²) in [5.41, 5.74) is 3.77. The summed E-state index contributed by atoms with van der Waals surface area (Å²) < 4.78 is 2.37. The van der Waals surface area contributed by atoms with Gasteiger partial charge in [-0.15, -0.1) is 0 Å². The third-order valence-electron chi connectivity index (χ3n) is 6.08. The third-order valence-corrected chi connectivity index (χ3v) is 6.08. The van der Waals surface area contributed by atoms with Crippen LogP contribution in [0.4, 0.5) is 0 Å². The van der Waals surface area contributed by atoms with E-state index in [1.807, 2.05) is 0 Å². The number of hydrogen-bond acceptors (Lipinski definition) is 2. The molecule has 3 nitrogen and oxygen atoms in total. The van der Waals surface area contributed by atoms with E-state index in [0.29, 0.717) is 11.0 Å². The zero-order valence-corrected chi connectivity index (χ0v) is 11.4. The molecule has 0 aromatic carbocycles. The van der Waals surface area contributed by atoms with Gasteiger partial charge in [0.1, 0.15) is 0 Å². The summed E-state index contributed by atoms with van der Waals surface area (Å²) >= 11 is 0. The lowest BCUT2D eigenvalue weighted by Gasteiger charge is -2.61. The van der Waals surface area contributed by atoms with E-state index in [0.717, 1.165) is 5.92 Å². The number of aromatic nitrogens is 2. The van der Waals surface area contributed by atoms with Crippen molar-refractivity contribution in [1.29, 1.82) is 0 Å². The second-order valence-electron chi connectivity index (χ2n) is 7.29. The fourth-order valence-corrected chi connectivity index (χ4v) is 4.74. The van der Waals surface area contributed by atoms with Crippen LogP contribution in [0.5, 0.6) is 0 Å². The van der Waals surface area contributed by atoms with E-state index in [-0.39, 0.29) is 0 Å². The first-order valence-corrected chi connectivity index (χ1v) is 7.76. The summed E-state index contributed by atoms with van der Waals surface area (Å²) in [7, 11) is 0. The van der Waals surface area contributed by atoms with Gasteiger partial charge in [0.2, 0.25) is 0 Å². The fraction of sp³-hybridized carbons (Fsp3) is 0.688. The summed E-state index contributed by atoms with van der Waals surface area (Å²) in [5.74, 6) is 1.02. The molecule has 19 heavy (non-hydrogen) atoms. The van der Waals surface area contributed by atoms with Crippen molar-refractivity contribution in [3.8, 4) is 0 Å². The van der Waals surface area contributed by atoms with Crippen molar-refractivity contribution in [1.82, 2.24) is 15.1 Å². The minimum absolute atomic E-state index is 0.422. The van der Waals surface area contributed by atoms with Crippen molar-refractivity contribution in [3.05, 3.63) is 23.5 Å². The maximum absolute atomic E-state index is 4.76. The van der Waals surface area contributed by atoms with Gasteiger partial charge in [0.15, 0.2) is 0 Å². The molecule has 1 aromatic rings. The molecule has 1 N–H and O–H groups in total. The number of allylic oxidation sites excluding steroid dienone is 1. The number of fused-ring (bicyclic) bond motifs is 1. The largest absolute Gasteiger partial charge is 0.317 e. The molecule has 1 aromatic heterocycles. The molecule has 1 aliphatic heterocycles. The predicted molar refractivity (Wildman–Crippen MR) is 74.8 cm³/mol. The lowest BCUT2D eigenvalue weighted by atomic mass is 9.50. The van der Waals surface area contributed by atoms with Crippen molar-refractivity contribution in [3.63, 3.8) is 0 Å². The van der Waals surface area contributed by atoms with Gasteiger partial charge in [0, 0.05) is 0 Å². The maximum atomic E-state index is 4.76. The Morgan fingerprint density at radius 3 is 2.68 bits per heavy atom. The van der Waals surface area contributed by atoms with Gasteiger partial charge in [0.25, 0.3) is 0 Å². The minimum atomic E-state index is 0.422. The molecule has 3 saturated carbocycles. The van der Waals surface area contributed by atoms with Gasteiger partial charge < -0.3 is 5.32 Å². The molecular weight excluding hydrogens is 234 g/mol. The standard InChI is InChI=1S/C16H21N3/c1-2-15(3-5-17-6-4-15)10-13-11-18-19(14(1)13)16-7-12(8-16)9-16/h1-2,11-12,17H,3-10H2. The molecule has 1 saturated heterocycles. The molecular formula is C16H21N3. The number of nitrogens with zero attached hydrogens (tertiary/aromatic N) is 2. The molecule has 0 radical (unpaired) electrons. The lowest BCUT2D eigenvalue weighted by molar-refractivity contribution is -0.0983. The summed E-state index contributed by atoms with van der Waals surface area (Å²) in [4.78, 5) is 0. The van der Waals surface area contributed by atoms with E-state index in [2.05, 4.69) is 28.3 Å². The van der Waals surface area contributed by atoms with Crippen LogP contribution < -0.4 is 5.32 Å². The number of piperidine rings is 1. The van der Waals surface area contributed by atoms with Crippen LogP contribution in [0.1, 0.15) is 43.4 Å². The zero-order valence-electron chi connectivity index (χ0n) is 11.4. The first-order valence-electron chi connectivity index (χ1n) is 7.76. The van der Waals surface area contributed by atoms with Crippen molar-refractivity contribution < 1.29 is 0 Å². The molecule has 5 aliphatic rings. The van der Waals surface area contributed by atoms with Crippen molar-refractivity contribution in [2.45, 2.75) is 44.1 Å². The highest BCUT2D eigenvalue weighted by molar-refractivity contribution is 5.55. The molecule has 0 amide bonds. The molecule has 4 aliphatic carbocycles. The van der Waals surface area contributed by atoms with Crippen LogP contribution in [0.2, 0.25) is 0 Å². The van der Waals surface area contributed by atoms with Gasteiger partial charge >= 0.3 is 0 Å². The first-order chi connectivity index (χ1) is 9.29. The SMILES string of the molecule is C1=CC2(CCNCC2)Cc2cnn(C34CC(C3)C4)c21. The summed E-state index contributed by atoms with van der Waals surface area (Å²) in [5, 5.41) is 8.24. The fourth-order valence-electron chi connectivity index (χ4n) is 4.74. The average molecular weight is 255 g/mol. The van der Waals surface area contributed by atoms with E-state index in [9.17, 15) is 0 Å². The van der Waals surface area contributed by atoms with E-state index < -0.39 is 0 Å². The Hall–Kier alpha value is -1.09. The molecule has 0 unspecified atom stereocenters. The summed E-state index contributed by atoms with van der Waals surface area (Å²) in [6, 6.07) is 0. The van der Waals surface area contributed by atoms with Gasteiger partial charge in [-0.05, 0) is 74.6 Å². The van der Waals surface area contributed by atoms with Crippen molar-refractivity contribution in [2.24, 2.45) is 11.3 Å². The van der Waals surface area contributed by atoms with Crippen molar-refractivity contribution >= 4 is 6.08 Å². The topological polar surface area (TPSA) is 29.9 Å². The maximum Gasteiger partial charge on any atom is 0.0645 e.